The molecule has 0 aliphatic rings. The van der Waals surface area contributed by atoms with E-state index < -0.39 is 32.4 Å². The number of halogens is 3. The number of aromatic nitrogens is 2. The Hall–Kier alpha value is -2.88. The average Bonchev–Trinajstić information content (AvgIpc) is 3.39. The molecule has 0 spiro atoms. The van der Waals surface area contributed by atoms with Crippen molar-refractivity contribution >= 4 is 44.4 Å². The summed E-state index contributed by atoms with van der Waals surface area (Å²) in [5.41, 5.74) is 0.824. The lowest BCUT2D eigenvalue weighted by molar-refractivity contribution is -0.117. The smallest absolute Gasteiger partial charge is 0.440 e. The highest BCUT2D eigenvalue weighted by molar-refractivity contribution is 7.92. The molecule has 188 valence electrons. The topological polar surface area (TPSA) is 150 Å². The molecule has 0 aliphatic carbocycles. The number of thiazole rings is 2. The van der Waals surface area contributed by atoms with Crippen molar-refractivity contribution in [3.63, 3.8) is 0 Å². The first kappa shape index (κ1) is 26.7. The van der Waals surface area contributed by atoms with Gasteiger partial charge >= 0.3 is 11.6 Å². The van der Waals surface area contributed by atoms with Crippen LogP contribution in [0.5, 0.6) is 0 Å². The molecule has 0 radical (unpaired) electrons. The molecule has 9 nitrogen and oxygen atoms in total. The molecule has 0 fully saturated rings. The molecule has 0 bridgehead atoms. The number of Topliss-reactive ketones (excluding diaryl/α,β-unsaturated/α-hetero) is 1. The summed E-state index contributed by atoms with van der Waals surface area (Å²) in [7, 11) is -5.46. The van der Waals surface area contributed by atoms with Gasteiger partial charge in [-0.15, -0.1) is 22.7 Å². The van der Waals surface area contributed by atoms with Crippen LogP contribution in [0.25, 0.3) is 10.6 Å². The van der Waals surface area contributed by atoms with Gasteiger partial charge in [-0.25, -0.2) is 23.2 Å². The van der Waals surface area contributed by atoms with Gasteiger partial charge in [-0.2, -0.15) is 13.2 Å². The van der Waals surface area contributed by atoms with E-state index in [9.17, 15) is 36.3 Å². The number of ether oxygens (including phenoxy) is 1. The third-order valence-electron chi connectivity index (χ3n) is 4.58. The first-order chi connectivity index (χ1) is 16.3. The molecule has 1 amide bonds. The maximum absolute atomic E-state index is 12.7. The Morgan fingerprint density at radius 2 is 1.80 bits per heavy atom. The van der Waals surface area contributed by atoms with Crippen LogP contribution in [0, 0.1) is 0 Å². The standard InChI is InChI=1S/C20H18F3N3O6S3/c1-10(32-19(24)29)17-18(34-16(8-27)26-17)14-9-33-15(25-14)7-12(28)6-11-2-4-13(5-3-11)35(30,31)20(21,22)23/h2-5,9-10,27H,6-8H2,1H3,(H2,24,29). The first-order valence-corrected chi connectivity index (χ1v) is 12.9. The number of aliphatic hydroxyl groups is 1. The Labute approximate surface area is 205 Å². The highest BCUT2D eigenvalue weighted by Gasteiger charge is 2.46. The number of rotatable bonds is 9. The Kier molecular flexibility index (Phi) is 7.93. The Balaban J connectivity index is 1.72. The number of hydrogen-bond donors (Lipinski definition) is 2. The van der Waals surface area contributed by atoms with E-state index in [-0.39, 0.29) is 25.2 Å². The number of ketones is 1. The van der Waals surface area contributed by atoms with E-state index in [1.165, 1.54) is 11.3 Å². The number of benzene rings is 1. The first-order valence-electron chi connectivity index (χ1n) is 9.75. The van der Waals surface area contributed by atoms with Crippen molar-refractivity contribution in [2.24, 2.45) is 5.73 Å². The fourth-order valence-electron chi connectivity index (χ4n) is 3.01. The number of sulfone groups is 1. The summed E-state index contributed by atoms with van der Waals surface area (Å²) in [5, 5.41) is 11.9. The van der Waals surface area contributed by atoms with Crippen LogP contribution in [0.2, 0.25) is 0 Å². The average molecular weight is 550 g/mol. The summed E-state index contributed by atoms with van der Waals surface area (Å²) in [5.74, 6) is -0.289. The van der Waals surface area contributed by atoms with Crippen LogP contribution in [0.1, 0.15) is 34.3 Å². The highest BCUT2D eigenvalue weighted by atomic mass is 32.2. The van der Waals surface area contributed by atoms with Crippen LogP contribution >= 0.6 is 22.7 Å². The third kappa shape index (κ3) is 6.22. The molecular formula is C20H18F3N3O6S3. The third-order valence-corrected chi connectivity index (χ3v) is 8.01. The van der Waals surface area contributed by atoms with Gasteiger partial charge in [0.15, 0.2) is 0 Å². The minimum atomic E-state index is -5.46. The van der Waals surface area contributed by atoms with Crippen molar-refractivity contribution in [2.45, 2.75) is 42.9 Å². The molecule has 2 aromatic heterocycles. The molecular weight excluding hydrogens is 531 g/mol. The number of nitrogens with zero attached hydrogens (tertiary/aromatic N) is 2. The summed E-state index contributed by atoms with van der Waals surface area (Å²) in [4.78, 5) is 31.9. The van der Waals surface area contributed by atoms with Crippen molar-refractivity contribution in [1.29, 1.82) is 0 Å². The second-order valence-corrected chi connectivity index (χ2v) is 11.1. The van der Waals surface area contributed by atoms with Crippen molar-refractivity contribution in [2.75, 3.05) is 0 Å². The number of amides is 1. The fourth-order valence-corrected chi connectivity index (χ4v) is 5.63. The van der Waals surface area contributed by atoms with Crippen LogP contribution in [-0.4, -0.2) is 40.9 Å². The van der Waals surface area contributed by atoms with E-state index >= 15 is 0 Å². The molecule has 0 aliphatic heterocycles. The van der Waals surface area contributed by atoms with E-state index in [0.29, 0.717) is 31.8 Å². The van der Waals surface area contributed by atoms with Gasteiger partial charge in [0.2, 0.25) is 0 Å². The van der Waals surface area contributed by atoms with E-state index in [1.807, 2.05) is 0 Å². The van der Waals surface area contributed by atoms with Crippen LogP contribution in [0.15, 0.2) is 34.5 Å². The molecule has 0 saturated heterocycles. The second-order valence-electron chi connectivity index (χ2n) is 7.17. The number of carbonyl (C=O) groups excluding carboxylic acids is 2. The summed E-state index contributed by atoms with van der Waals surface area (Å²) in [6.07, 6.45) is -1.99. The fraction of sp³-hybridized carbons (Fsp3) is 0.300. The monoisotopic (exact) mass is 549 g/mol. The Morgan fingerprint density at radius 1 is 1.14 bits per heavy atom. The van der Waals surface area contributed by atoms with Gasteiger partial charge in [-0.05, 0) is 24.6 Å². The summed E-state index contributed by atoms with van der Waals surface area (Å²) in [6, 6.07) is 3.94. The normalized spacial score (nSPS) is 12.9. The van der Waals surface area contributed by atoms with Gasteiger partial charge in [0.1, 0.15) is 27.6 Å². The van der Waals surface area contributed by atoms with E-state index in [4.69, 9.17) is 10.5 Å². The van der Waals surface area contributed by atoms with Crippen LogP contribution in [-0.2, 0) is 38.8 Å². The number of alkyl halides is 3. The predicted molar refractivity (Wildman–Crippen MR) is 120 cm³/mol. The molecule has 0 saturated carbocycles. The molecule has 15 heteroatoms. The van der Waals surface area contributed by atoms with E-state index in [1.54, 1.807) is 12.3 Å². The van der Waals surface area contributed by atoms with Crippen molar-refractivity contribution < 1.29 is 41.0 Å². The van der Waals surface area contributed by atoms with Gasteiger partial charge < -0.3 is 15.6 Å². The number of hydrogen-bond acceptors (Lipinski definition) is 10. The highest BCUT2D eigenvalue weighted by Crippen LogP contribution is 2.36. The van der Waals surface area contributed by atoms with E-state index in [2.05, 4.69) is 9.97 Å². The number of primary amides is 1. The zero-order chi connectivity index (χ0) is 26.0. The summed E-state index contributed by atoms with van der Waals surface area (Å²) < 4.78 is 65.8. The minimum Gasteiger partial charge on any atom is -0.440 e. The minimum absolute atomic E-state index is 0.0679. The van der Waals surface area contributed by atoms with Crippen LogP contribution < -0.4 is 5.73 Å². The van der Waals surface area contributed by atoms with Gasteiger partial charge in [-0.3, -0.25) is 4.79 Å². The molecule has 3 aromatic rings. The predicted octanol–water partition coefficient (Wildman–Crippen LogP) is 3.56. The van der Waals surface area contributed by atoms with Gasteiger partial charge in [-0.1, -0.05) is 12.1 Å². The molecule has 1 atom stereocenters. The van der Waals surface area contributed by atoms with Gasteiger partial charge in [0.25, 0.3) is 9.84 Å². The zero-order valence-electron chi connectivity index (χ0n) is 17.9. The largest absolute Gasteiger partial charge is 0.501 e. The lowest BCUT2D eigenvalue weighted by atomic mass is 10.1. The summed E-state index contributed by atoms with van der Waals surface area (Å²) in [6.45, 7) is 1.23. The molecule has 3 rings (SSSR count). The number of aliphatic hydroxyl groups excluding tert-OH is 1. The second kappa shape index (κ2) is 10.4. The SMILES string of the molecule is CC(OC(N)=O)c1nc(CO)sc1-c1csc(CC(=O)Cc2ccc(S(=O)(=O)C(F)(F)F)cc2)n1. The molecule has 35 heavy (non-hydrogen) atoms. The number of carbonyl (C=O) groups is 2. The van der Waals surface area contributed by atoms with Gasteiger partial charge in [0.05, 0.1) is 28.5 Å². The van der Waals surface area contributed by atoms with Crippen molar-refractivity contribution in [1.82, 2.24) is 9.97 Å². The van der Waals surface area contributed by atoms with Crippen molar-refractivity contribution in [3.8, 4) is 10.6 Å². The molecule has 1 unspecified atom stereocenters. The van der Waals surface area contributed by atoms with Crippen LogP contribution in [0.4, 0.5) is 18.0 Å². The van der Waals surface area contributed by atoms with Crippen LogP contribution in [0.3, 0.4) is 0 Å². The lowest BCUT2D eigenvalue weighted by Gasteiger charge is -2.10. The molecule has 3 N–H and O–H groups in total. The van der Waals surface area contributed by atoms with E-state index in [0.717, 1.165) is 35.6 Å². The van der Waals surface area contributed by atoms with Crippen molar-refractivity contribution in [3.05, 3.63) is 50.9 Å². The Morgan fingerprint density at radius 3 is 2.37 bits per heavy atom. The lowest BCUT2D eigenvalue weighted by Crippen LogP contribution is -2.23. The maximum atomic E-state index is 12.7. The Bertz CT molecular complexity index is 1330. The maximum Gasteiger partial charge on any atom is 0.501 e. The number of nitrogens with two attached hydrogens (primary N) is 1. The molecule has 2 heterocycles. The quantitative estimate of drug-likeness (QED) is 0.411. The van der Waals surface area contributed by atoms with Gasteiger partial charge in [0, 0.05) is 11.8 Å². The zero-order valence-corrected chi connectivity index (χ0v) is 20.4. The summed E-state index contributed by atoms with van der Waals surface area (Å²) >= 11 is 2.34. The molecule has 1 aromatic carbocycles.